The van der Waals surface area contributed by atoms with Crippen molar-refractivity contribution in [1.82, 2.24) is 5.32 Å². The maximum absolute atomic E-state index is 11.1. The van der Waals surface area contributed by atoms with Gasteiger partial charge in [-0.05, 0) is 36.9 Å². The van der Waals surface area contributed by atoms with E-state index in [-0.39, 0.29) is 22.2 Å². The standard InChI is InChI=1S/C14H20ClN3O2/c1-14(2)7-4-8-16-12(14)9-17-11-6-3-5-10(15)13(11)18(19)20/h3,5-6,12,16-17H,4,7-9H2,1-2H3. The molecule has 20 heavy (non-hydrogen) atoms. The van der Waals surface area contributed by atoms with Crippen LogP contribution in [0.4, 0.5) is 11.4 Å². The molecular weight excluding hydrogens is 278 g/mol. The third kappa shape index (κ3) is 3.22. The van der Waals surface area contributed by atoms with Gasteiger partial charge in [-0.25, -0.2) is 0 Å². The second kappa shape index (κ2) is 5.97. The summed E-state index contributed by atoms with van der Waals surface area (Å²) < 4.78 is 0. The van der Waals surface area contributed by atoms with E-state index in [1.165, 1.54) is 12.5 Å². The Bertz CT molecular complexity index is 505. The Balaban J connectivity index is 2.11. The minimum Gasteiger partial charge on any atom is -0.378 e. The Labute approximate surface area is 123 Å². The van der Waals surface area contributed by atoms with Crippen molar-refractivity contribution < 1.29 is 4.92 Å². The van der Waals surface area contributed by atoms with Crippen LogP contribution < -0.4 is 10.6 Å². The first-order chi connectivity index (χ1) is 9.42. The summed E-state index contributed by atoms with van der Waals surface area (Å²) in [7, 11) is 0. The smallest absolute Gasteiger partial charge is 0.310 e. The fourth-order valence-electron chi connectivity index (χ4n) is 2.67. The highest BCUT2D eigenvalue weighted by atomic mass is 35.5. The number of nitrogens with zero attached hydrogens (tertiary/aromatic N) is 1. The van der Waals surface area contributed by atoms with E-state index in [1.807, 2.05) is 0 Å². The fraction of sp³-hybridized carbons (Fsp3) is 0.571. The van der Waals surface area contributed by atoms with Crippen LogP contribution in [0.1, 0.15) is 26.7 Å². The minimum atomic E-state index is -0.440. The first kappa shape index (κ1) is 15.1. The van der Waals surface area contributed by atoms with Crippen molar-refractivity contribution in [3.63, 3.8) is 0 Å². The number of rotatable bonds is 4. The number of nitro benzene ring substituents is 1. The first-order valence-electron chi connectivity index (χ1n) is 6.82. The van der Waals surface area contributed by atoms with Crippen LogP contribution in [0.15, 0.2) is 18.2 Å². The topological polar surface area (TPSA) is 67.2 Å². The summed E-state index contributed by atoms with van der Waals surface area (Å²) >= 11 is 5.90. The summed E-state index contributed by atoms with van der Waals surface area (Å²) in [6.45, 7) is 6.08. The average Bonchev–Trinajstić information content (AvgIpc) is 2.36. The van der Waals surface area contributed by atoms with Crippen molar-refractivity contribution in [3.05, 3.63) is 33.3 Å². The Morgan fingerprint density at radius 3 is 2.95 bits per heavy atom. The molecule has 1 saturated heterocycles. The Kier molecular flexibility index (Phi) is 4.50. The molecule has 1 heterocycles. The minimum absolute atomic E-state index is 0.0530. The lowest BCUT2D eigenvalue weighted by Crippen LogP contribution is -2.50. The van der Waals surface area contributed by atoms with Crippen LogP contribution >= 0.6 is 11.6 Å². The molecule has 1 fully saturated rings. The molecule has 110 valence electrons. The molecular formula is C14H20ClN3O2. The van der Waals surface area contributed by atoms with E-state index in [0.717, 1.165) is 13.0 Å². The predicted octanol–water partition coefficient (Wildman–Crippen LogP) is 3.44. The van der Waals surface area contributed by atoms with E-state index in [1.54, 1.807) is 12.1 Å². The molecule has 1 atom stereocenters. The highest BCUT2D eigenvalue weighted by Crippen LogP contribution is 2.34. The Morgan fingerprint density at radius 1 is 1.55 bits per heavy atom. The van der Waals surface area contributed by atoms with Gasteiger partial charge in [-0.2, -0.15) is 0 Å². The van der Waals surface area contributed by atoms with Gasteiger partial charge in [0, 0.05) is 12.6 Å². The summed E-state index contributed by atoms with van der Waals surface area (Å²) in [5, 5.41) is 17.9. The molecule has 5 nitrogen and oxygen atoms in total. The summed E-state index contributed by atoms with van der Waals surface area (Å²) in [5.41, 5.74) is 0.604. The molecule has 0 aromatic heterocycles. The lowest BCUT2D eigenvalue weighted by molar-refractivity contribution is -0.383. The van der Waals surface area contributed by atoms with Gasteiger partial charge in [0.25, 0.3) is 0 Å². The molecule has 0 spiro atoms. The van der Waals surface area contributed by atoms with E-state index in [2.05, 4.69) is 24.5 Å². The predicted molar refractivity (Wildman–Crippen MR) is 81.4 cm³/mol. The van der Waals surface area contributed by atoms with E-state index < -0.39 is 4.92 Å². The fourth-order valence-corrected chi connectivity index (χ4v) is 2.92. The quantitative estimate of drug-likeness (QED) is 0.660. The molecule has 0 aliphatic carbocycles. The summed E-state index contributed by atoms with van der Waals surface area (Å²) in [5.74, 6) is 0. The molecule has 1 aromatic rings. The van der Waals surface area contributed by atoms with Gasteiger partial charge in [-0.3, -0.25) is 10.1 Å². The summed E-state index contributed by atoms with van der Waals surface area (Å²) in [6.07, 6.45) is 2.32. The Morgan fingerprint density at radius 2 is 2.30 bits per heavy atom. The molecule has 1 unspecified atom stereocenters. The molecule has 1 aromatic carbocycles. The van der Waals surface area contributed by atoms with E-state index >= 15 is 0 Å². The van der Waals surface area contributed by atoms with Crippen LogP contribution in [0.25, 0.3) is 0 Å². The number of hydrogen-bond donors (Lipinski definition) is 2. The molecule has 0 saturated carbocycles. The largest absolute Gasteiger partial charge is 0.378 e. The van der Waals surface area contributed by atoms with Crippen molar-refractivity contribution in [1.29, 1.82) is 0 Å². The van der Waals surface area contributed by atoms with Gasteiger partial charge in [-0.15, -0.1) is 0 Å². The molecule has 1 aliphatic heterocycles. The zero-order chi connectivity index (χ0) is 14.8. The van der Waals surface area contributed by atoms with Gasteiger partial charge < -0.3 is 10.6 Å². The Hall–Kier alpha value is -1.33. The van der Waals surface area contributed by atoms with Gasteiger partial charge in [0.15, 0.2) is 0 Å². The summed E-state index contributed by atoms with van der Waals surface area (Å²) in [6, 6.07) is 5.24. The lowest BCUT2D eigenvalue weighted by Gasteiger charge is -2.39. The lowest BCUT2D eigenvalue weighted by atomic mass is 9.77. The maximum Gasteiger partial charge on any atom is 0.310 e. The van der Waals surface area contributed by atoms with Gasteiger partial charge in [0.1, 0.15) is 10.7 Å². The first-order valence-corrected chi connectivity index (χ1v) is 7.20. The van der Waals surface area contributed by atoms with E-state index in [0.29, 0.717) is 12.2 Å². The third-order valence-corrected chi connectivity index (χ3v) is 4.30. The van der Waals surface area contributed by atoms with Crippen molar-refractivity contribution >= 4 is 23.0 Å². The number of anilines is 1. The van der Waals surface area contributed by atoms with Crippen LogP contribution in [0, 0.1) is 15.5 Å². The third-order valence-electron chi connectivity index (χ3n) is 4.00. The maximum atomic E-state index is 11.1. The number of benzene rings is 1. The normalized spacial score (nSPS) is 21.4. The van der Waals surface area contributed by atoms with Gasteiger partial charge >= 0.3 is 5.69 Å². The zero-order valence-electron chi connectivity index (χ0n) is 11.8. The van der Waals surface area contributed by atoms with Crippen molar-refractivity contribution in [2.24, 2.45) is 5.41 Å². The number of hydrogen-bond acceptors (Lipinski definition) is 4. The molecule has 6 heteroatoms. The molecule has 1 aliphatic rings. The molecule has 0 amide bonds. The molecule has 2 N–H and O–H groups in total. The van der Waals surface area contributed by atoms with Gasteiger partial charge in [0.2, 0.25) is 0 Å². The number of nitrogens with one attached hydrogen (secondary N) is 2. The van der Waals surface area contributed by atoms with Crippen LogP contribution in [0.3, 0.4) is 0 Å². The van der Waals surface area contributed by atoms with Crippen LogP contribution in [0.2, 0.25) is 5.02 Å². The van der Waals surface area contributed by atoms with Crippen LogP contribution in [0.5, 0.6) is 0 Å². The van der Waals surface area contributed by atoms with Crippen LogP contribution in [-0.2, 0) is 0 Å². The average molecular weight is 298 g/mol. The summed E-state index contributed by atoms with van der Waals surface area (Å²) in [4.78, 5) is 10.6. The molecule has 2 rings (SSSR count). The van der Waals surface area contributed by atoms with Crippen molar-refractivity contribution in [2.75, 3.05) is 18.4 Å². The highest BCUT2D eigenvalue weighted by Gasteiger charge is 2.32. The number of piperidine rings is 1. The second-order valence-electron chi connectivity index (χ2n) is 5.87. The second-order valence-corrected chi connectivity index (χ2v) is 6.28. The molecule has 0 radical (unpaired) electrons. The van der Waals surface area contributed by atoms with E-state index in [4.69, 9.17) is 11.6 Å². The monoisotopic (exact) mass is 297 g/mol. The number of nitro groups is 1. The number of halogens is 1. The van der Waals surface area contributed by atoms with E-state index in [9.17, 15) is 10.1 Å². The SMILES string of the molecule is CC1(C)CCCNC1CNc1cccc(Cl)c1[N+](=O)[O-]. The van der Waals surface area contributed by atoms with Crippen molar-refractivity contribution in [2.45, 2.75) is 32.7 Å². The zero-order valence-corrected chi connectivity index (χ0v) is 12.5. The van der Waals surface area contributed by atoms with Crippen LogP contribution in [-0.4, -0.2) is 24.1 Å². The highest BCUT2D eigenvalue weighted by molar-refractivity contribution is 6.33. The number of para-hydroxylation sites is 1. The van der Waals surface area contributed by atoms with Gasteiger partial charge in [-0.1, -0.05) is 31.5 Å². The van der Waals surface area contributed by atoms with Crippen molar-refractivity contribution in [3.8, 4) is 0 Å². The molecule has 0 bridgehead atoms. The van der Waals surface area contributed by atoms with Gasteiger partial charge in [0.05, 0.1) is 4.92 Å².